The van der Waals surface area contributed by atoms with Gasteiger partial charge in [0.1, 0.15) is 42.6 Å². The van der Waals surface area contributed by atoms with E-state index in [2.05, 4.69) is 20.1 Å². The maximum atomic E-state index is 9.47. The molecule has 4 unspecified atom stereocenters. The number of hydrogen-bond donors (Lipinski definition) is 2. The Morgan fingerprint density at radius 1 is 0.690 bits per heavy atom. The van der Waals surface area contributed by atoms with Crippen molar-refractivity contribution < 1.29 is 38.6 Å². The molecule has 14 heteroatoms. The Labute approximate surface area is 244 Å². The molecule has 2 aromatic carbocycles. The summed E-state index contributed by atoms with van der Waals surface area (Å²) in [7, 11) is 0. The molecular weight excluding hydrogens is 548 g/mol. The lowest BCUT2D eigenvalue weighted by molar-refractivity contribution is -0.211. The van der Waals surface area contributed by atoms with Gasteiger partial charge in [0.15, 0.2) is 12.6 Å². The average Bonchev–Trinajstić information content (AvgIpc) is 3.63. The van der Waals surface area contributed by atoms with Gasteiger partial charge in [0.2, 0.25) is 0 Å². The molecule has 0 radical (unpaired) electrons. The zero-order valence-electron chi connectivity index (χ0n) is 21.4. The van der Waals surface area contributed by atoms with Gasteiger partial charge in [-0.05, 0) is 22.2 Å². The van der Waals surface area contributed by atoms with Crippen molar-refractivity contribution in [2.45, 2.75) is 89.4 Å². The molecule has 10 atom stereocenters. The highest BCUT2D eigenvalue weighted by atomic mass is 16.7. The first-order chi connectivity index (χ1) is 19.6. The monoisotopic (exact) mass is 586 g/mol. The van der Waals surface area contributed by atoms with Crippen molar-refractivity contribution in [1.82, 2.24) is 0 Å². The fourth-order valence-corrected chi connectivity index (χ4v) is 5.03. The molecule has 0 spiro atoms. The van der Waals surface area contributed by atoms with Crippen LogP contribution < -0.4 is 0 Å². The van der Waals surface area contributed by atoms with Crippen molar-refractivity contribution in [3.05, 3.63) is 92.7 Å². The van der Waals surface area contributed by atoms with E-state index in [0.717, 1.165) is 11.1 Å². The highest BCUT2D eigenvalue weighted by Gasteiger charge is 2.52. The zero-order chi connectivity index (χ0) is 27.9. The number of aliphatic hydroxyl groups is 2. The fraction of sp³-hybridized carbons (Fsp3) is 0.571. The summed E-state index contributed by atoms with van der Waals surface area (Å²) in [6, 6.07) is 18.3. The Hall–Kier alpha value is -3.26. The van der Waals surface area contributed by atoms with Gasteiger partial charge in [0.25, 0.3) is 0 Å². The number of aliphatic hydroxyl groups excluding tert-OH is 2. The largest absolute Gasteiger partial charge is 0.390 e. The van der Waals surface area contributed by atoms with Gasteiger partial charge in [-0.15, -0.1) is 0 Å². The maximum Gasteiger partial charge on any atom is 0.169 e. The van der Waals surface area contributed by atoms with Crippen LogP contribution in [0.2, 0.25) is 0 Å². The third-order valence-electron chi connectivity index (χ3n) is 7.07. The quantitative estimate of drug-likeness (QED) is 0.263. The highest BCUT2D eigenvalue weighted by molar-refractivity contribution is 5.15. The van der Waals surface area contributed by atoms with Crippen LogP contribution in [0.1, 0.15) is 26.0 Å². The molecule has 42 heavy (non-hydrogen) atoms. The molecule has 4 heterocycles. The Kier molecular flexibility index (Phi) is 12.5. The van der Waals surface area contributed by atoms with Crippen LogP contribution in [0.5, 0.6) is 0 Å². The van der Waals surface area contributed by atoms with Crippen molar-refractivity contribution in [2.24, 2.45) is 10.2 Å². The molecule has 4 saturated heterocycles. The topological polar surface area (TPSA) is 193 Å². The Morgan fingerprint density at radius 2 is 1.17 bits per heavy atom. The lowest BCUT2D eigenvalue weighted by atomic mass is 9.98. The molecule has 0 amide bonds. The first kappa shape index (κ1) is 33.2. The predicted octanol–water partition coefficient (Wildman–Crippen LogP) is 4.01. The molecule has 0 aromatic heterocycles. The Bertz CT molecular complexity index is 1200. The molecule has 228 valence electrons. The van der Waals surface area contributed by atoms with Crippen LogP contribution in [0.4, 0.5) is 0 Å². The van der Waals surface area contributed by atoms with Crippen LogP contribution in [0.15, 0.2) is 70.9 Å². The SMILES string of the molecule is C.C.[N-]=[N+]=N[C@@H]1C2OC[C@@H](O2)[C@@H](OCc2ccccc2)C1OCc1ccccc1.[N-]=[N+]=N[C@H]1C2OC[C@@H](O2)[C@@H](O)C1O. The molecular formula is C28H38N6O8. The predicted molar refractivity (Wildman–Crippen MR) is 151 cm³/mol. The van der Waals surface area contributed by atoms with E-state index in [-0.39, 0.29) is 33.7 Å². The van der Waals surface area contributed by atoms with Crippen LogP contribution in [-0.4, -0.2) is 84.7 Å². The molecule has 14 nitrogen and oxygen atoms in total. The highest BCUT2D eigenvalue weighted by Crippen LogP contribution is 2.35. The van der Waals surface area contributed by atoms with Gasteiger partial charge >= 0.3 is 0 Å². The fourth-order valence-electron chi connectivity index (χ4n) is 5.03. The molecule has 2 aromatic rings. The second-order valence-electron chi connectivity index (χ2n) is 9.65. The zero-order valence-corrected chi connectivity index (χ0v) is 21.4. The summed E-state index contributed by atoms with van der Waals surface area (Å²) in [5.41, 5.74) is 19.3. The molecule has 4 bridgehead atoms. The number of fused-ring (bicyclic) bond motifs is 4. The van der Waals surface area contributed by atoms with Crippen molar-refractivity contribution in [3.8, 4) is 0 Å². The smallest absolute Gasteiger partial charge is 0.169 e. The normalized spacial score (nSPS) is 33.9. The van der Waals surface area contributed by atoms with Gasteiger partial charge in [0.05, 0.1) is 32.5 Å². The Morgan fingerprint density at radius 3 is 1.74 bits per heavy atom. The standard InChI is InChI=1S/C20H21N3O4.C6H9N3O4.2CH4/c21-23-22-17-19(25-12-15-9-5-2-6-10-15)18(16-13-26-20(17)27-16)24-11-14-7-3-1-4-8-14;7-9-8-3-5(11)4(10)2-1-12-6(3)13-2;;/h1-10,16-20H,11-13H2;2-6,10-11H,1H2;2*1H4/t16-,17+,18-,19?,20?;2-,3-,4-,5?,6?;;/m11../s1. The van der Waals surface area contributed by atoms with E-state index in [9.17, 15) is 10.2 Å². The summed E-state index contributed by atoms with van der Waals surface area (Å²) in [6.07, 6.45) is -5.06. The molecule has 2 N–H and O–H groups in total. The Balaban J connectivity index is 0.000000273. The van der Waals surface area contributed by atoms with Crippen molar-refractivity contribution in [2.75, 3.05) is 13.2 Å². The first-order valence-corrected chi connectivity index (χ1v) is 12.9. The number of nitrogens with zero attached hydrogens (tertiary/aromatic N) is 6. The number of ether oxygens (including phenoxy) is 6. The van der Waals surface area contributed by atoms with Crippen molar-refractivity contribution in [1.29, 1.82) is 0 Å². The van der Waals surface area contributed by atoms with Crippen LogP contribution >= 0.6 is 0 Å². The van der Waals surface area contributed by atoms with E-state index in [1.54, 1.807) is 0 Å². The van der Waals surface area contributed by atoms with Gasteiger partial charge < -0.3 is 38.6 Å². The summed E-state index contributed by atoms with van der Waals surface area (Å²) < 4.78 is 34.1. The van der Waals surface area contributed by atoms with Gasteiger partial charge in [-0.2, -0.15) is 0 Å². The summed E-state index contributed by atoms with van der Waals surface area (Å²) in [6.45, 7) is 1.44. The molecule has 4 aliphatic heterocycles. The van der Waals surface area contributed by atoms with Gasteiger partial charge in [0, 0.05) is 9.82 Å². The van der Waals surface area contributed by atoms with E-state index >= 15 is 0 Å². The third-order valence-corrected chi connectivity index (χ3v) is 7.07. The summed E-state index contributed by atoms with van der Waals surface area (Å²) in [4.78, 5) is 5.52. The van der Waals surface area contributed by atoms with E-state index in [0.29, 0.717) is 19.8 Å². The second-order valence-corrected chi connectivity index (χ2v) is 9.65. The number of benzene rings is 2. The van der Waals surface area contributed by atoms with Crippen LogP contribution in [0, 0.1) is 0 Å². The molecule has 4 fully saturated rings. The minimum absolute atomic E-state index is 0. The van der Waals surface area contributed by atoms with Crippen LogP contribution in [-0.2, 0) is 41.6 Å². The molecule has 0 saturated carbocycles. The summed E-state index contributed by atoms with van der Waals surface area (Å²) >= 11 is 0. The third kappa shape index (κ3) is 7.57. The molecule has 4 aliphatic rings. The van der Waals surface area contributed by atoms with Crippen LogP contribution in [0.25, 0.3) is 20.9 Å². The second kappa shape index (κ2) is 15.8. The van der Waals surface area contributed by atoms with E-state index < -0.39 is 49.1 Å². The van der Waals surface area contributed by atoms with Crippen molar-refractivity contribution >= 4 is 0 Å². The summed E-state index contributed by atoms with van der Waals surface area (Å²) in [5.74, 6) is 0. The first-order valence-electron chi connectivity index (χ1n) is 12.9. The average molecular weight is 587 g/mol. The summed E-state index contributed by atoms with van der Waals surface area (Å²) in [5, 5.41) is 26.1. The molecule has 0 aliphatic carbocycles. The van der Waals surface area contributed by atoms with Gasteiger partial charge in [-0.25, -0.2) is 0 Å². The minimum atomic E-state index is -1.11. The van der Waals surface area contributed by atoms with Gasteiger partial charge in [-0.1, -0.05) is 85.7 Å². The minimum Gasteiger partial charge on any atom is -0.390 e. The maximum absolute atomic E-state index is 9.47. The lowest BCUT2D eigenvalue weighted by Gasteiger charge is -2.38. The number of azide groups is 2. The van der Waals surface area contributed by atoms with E-state index in [4.69, 9.17) is 39.5 Å². The number of hydrogen-bond acceptors (Lipinski definition) is 10. The van der Waals surface area contributed by atoms with Crippen molar-refractivity contribution in [3.63, 3.8) is 0 Å². The van der Waals surface area contributed by atoms with Gasteiger partial charge in [-0.3, -0.25) is 0 Å². The molecule has 6 rings (SSSR count). The van der Waals surface area contributed by atoms with E-state index in [1.807, 2.05) is 60.7 Å². The van der Waals surface area contributed by atoms with E-state index in [1.165, 1.54) is 0 Å². The lowest BCUT2D eigenvalue weighted by Crippen LogP contribution is -2.55. The number of rotatable bonds is 8. The van der Waals surface area contributed by atoms with Crippen LogP contribution in [0.3, 0.4) is 0 Å².